The molecule has 0 aliphatic heterocycles. The van der Waals surface area contributed by atoms with Crippen molar-refractivity contribution in [2.75, 3.05) is 5.32 Å². The molecular weight excluding hydrogens is 327 g/mol. The zero-order valence-electron chi connectivity index (χ0n) is 12.2. The molecule has 0 unspecified atom stereocenters. The minimum absolute atomic E-state index is 0.314. The molecule has 0 saturated carbocycles. The highest BCUT2D eigenvalue weighted by Gasteiger charge is 2.33. The fraction of sp³-hybridized carbons (Fsp3) is 0.188. The van der Waals surface area contributed by atoms with E-state index in [0.29, 0.717) is 12.2 Å². The van der Waals surface area contributed by atoms with Gasteiger partial charge in [-0.3, -0.25) is 0 Å². The topological polar surface area (TPSA) is 29.3 Å². The van der Waals surface area contributed by atoms with E-state index in [1.807, 2.05) is 35.9 Å². The fourth-order valence-corrected chi connectivity index (χ4v) is 2.56. The molecule has 0 amide bonds. The summed E-state index contributed by atoms with van der Waals surface area (Å²) >= 11 is 5.61. The number of imidazole rings is 1. The SMILES string of the molecule is Cc1cccn2cc(CNc3ccc(Cl)c(C(F)(F)F)c3)nc12. The Hall–Kier alpha value is -2.21. The Bertz CT molecular complexity index is 855. The molecule has 2 heterocycles. The summed E-state index contributed by atoms with van der Waals surface area (Å²) in [6.45, 7) is 2.27. The Morgan fingerprint density at radius 2 is 2.04 bits per heavy atom. The monoisotopic (exact) mass is 339 g/mol. The van der Waals surface area contributed by atoms with Crippen molar-refractivity contribution in [2.24, 2.45) is 0 Å². The van der Waals surface area contributed by atoms with Gasteiger partial charge in [-0.15, -0.1) is 0 Å². The maximum atomic E-state index is 12.8. The van der Waals surface area contributed by atoms with Crippen LogP contribution in [0, 0.1) is 6.92 Å². The Morgan fingerprint density at radius 1 is 1.26 bits per heavy atom. The molecule has 0 aliphatic rings. The van der Waals surface area contributed by atoms with E-state index in [9.17, 15) is 13.2 Å². The summed E-state index contributed by atoms with van der Waals surface area (Å²) in [6.07, 6.45) is -0.756. The van der Waals surface area contributed by atoms with E-state index < -0.39 is 11.7 Å². The molecule has 0 atom stereocenters. The molecule has 0 fully saturated rings. The molecule has 0 bridgehead atoms. The van der Waals surface area contributed by atoms with Gasteiger partial charge in [0, 0.05) is 18.1 Å². The van der Waals surface area contributed by atoms with Crippen molar-refractivity contribution in [3.8, 4) is 0 Å². The van der Waals surface area contributed by atoms with E-state index in [1.165, 1.54) is 12.1 Å². The lowest BCUT2D eigenvalue weighted by Crippen LogP contribution is -2.07. The third-order valence-electron chi connectivity index (χ3n) is 3.47. The summed E-state index contributed by atoms with van der Waals surface area (Å²) in [4.78, 5) is 4.47. The summed E-state index contributed by atoms with van der Waals surface area (Å²) in [7, 11) is 0. The lowest BCUT2D eigenvalue weighted by molar-refractivity contribution is -0.137. The van der Waals surface area contributed by atoms with Crippen LogP contribution >= 0.6 is 11.6 Å². The third kappa shape index (κ3) is 3.27. The number of hydrogen-bond donors (Lipinski definition) is 1. The molecule has 23 heavy (non-hydrogen) atoms. The summed E-state index contributed by atoms with van der Waals surface area (Å²) in [5.74, 6) is 0. The van der Waals surface area contributed by atoms with Crippen molar-refractivity contribution >= 4 is 22.9 Å². The number of aromatic nitrogens is 2. The van der Waals surface area contributed by atoms with E-state index in [0.717, 1.165) is 23.0 Å². The van der Waals surface area contributed by atoms with E-state index in [1.54, 1.807) is 0 Å². The Morgan fingerprint density at radius 3 is 2.74 bits per heavy atom. The Balaban J connectivity index is 1.81. The summed E-state index contributed by atoms with van der Waals surface area (Å²) in [5.41, 5.74) is 2.09. The van der Waals surface area contributed by atoms with Gasteiger partial charge in [0.25, 0.3) is 0 Å². The molecule has 3 nitrogen and oxygen atoms in total. The second kappa shape index (κ2) is 5.77. The van der Waals surface area contributed by atoms with Crippen molar-refractivity contribution in [1.82, 2.24) is 9.38 Å². The van der Waals surface area contributed by atoms with Crippen molar-refractivity contribution < 1.29 is 13.2 Å². The van der Waals surface area contributed by atoms with E-state index >= 15 is 0 Å². The molecule has 0 radical (unpaired) electrons. The first-order chi connectivity index (χ1) is 10.8. The van der Waals surface area contributed by atoms with Crippen molar-refractivity contribution in [3.63, 3.8) is 0 Å². The maximum Gasteiger partial charge on any atom is 0.417 e. The number of nitrogens with one attached hydrogen (secondary N) is 1. The minimum atomic E-state index is -4.48. The van der Waals surface area contributed by atoms with Crippen LogP contribution in [0.5, 0.6) is 0 Å². The number of halogens is 4. The van der Waals surface area contributed by atoms with Gasteiger partial charge in [-0.1, -0.05) is 17.7 Å². The highest BCUT2D eigenvalue weighted by molar-refractivity contribution is 6.31. The summed E-state index contributed by atoms with van der Waals surface area (Å²) in [6, 6.07) is 7.62. The van der Waals surface area contributed by atoms with Crippen LogP contribution in [0.4, 0.5) is 18.9 Å². The smallest absolute Gasteiger partial charge is 0.379 e. The number of pyridine rings is 1. The van der Waals surface area contributed by atoms with Gasteiger partial charge in [0.1, 0.15) is 5.65 Å². The maximum absolute atomic E-state index is 12.8. The second-order valence-electron chi connectivity index (χ2n) is 5.20. The van der Waals surface area contributed by atoms with Gasteiger partial charge in [-0.2, -0.15) is 13.2 Å². The van der Waals surface area contributed by atoms with Crippen LogP contribution in [0.2, 0.25) is 5.02 Å². The van der Waals surface area contributed by atoms with Crippen molar-refractivity contribution in [1.29, 1.82) is 0 Å². The number of fused-ring (bicyclic) bond motifs is 1. The highest BCUT2D eigenvalue weighted by Crippen LogP contribution is 2.36. The Kier molecular flexibility index (Phi) is 3.93. The van der Waals surface area contributed by atoms with Crippen LogP contribution < -0.4 is 5.32 Å². The van der Waals surface area contributed by atoms with Crippen molar-refractivity contribution in [2.45, 2.75) is 19.6 Å². The summed E-state index contributed by atoms with van der Waals surface area (Å²) in [5, 5.41) is 2.63. The lowest BCUT2D eigenvalue weighted by Gasteiger charge is -2.11. The number of alkyl halides is 3. The van der Waals surface area contributed by atoms with Crippen LogP contribution in [0.25, 0.3) is 5.65 Å². The zero-order valence-corrected chi connectivity index (χ0v) is 12.9. The first-order valence-electron chi connectivity index (χ1n) is 6.88. The van der Waals surface area contributed by atoms with Gasteiger partial charge in [0.2, 0.25) is 0 Å². The molecular formula is C16H13ClF3N3. The van der Waals surface area contributed by atoms with Crippen LogP contribution in [0.1, 0.15) is 16.8 Å². The quantitative estimate of drug-likeness (QED) is 0.733. The normalized spacial score (nSPS) is 11.9. The van der Waals surface area contributed by atoms with Gasteiger partial charge in [-0.05, 0) is 36.8 Å². The van der Waals surface area contributed by atoms with Gasteiger partial charge in [0.15, 0.2) is 0 Å². The number of nitrogens with zero attached hydrogens (tertiary/aromatic N) is 2. The van der Waals surface area contributed by atoms with E-state index in [2.05, 4.69) is 10.3 Å². The molecule has 1 N–H and O–H groups in total. The van der Waals surface area contributed by atoms with E-state index in [-0.39, 0.29) is 5.02 Å². The Labute approximate surface area is 135 Å². The first kappa shape index (κ1) is 15.7. The zero-order chi connectivity index (χ0) is 16.6. The number of rotatable bonds is 3. The molecule has 1 aromatic carbocycles. The van der Waals surface area contributed by atoms with Crippen LogP contribution in [-0.2, 0) is 12.7 Å². The first-order valence-corrected chi connectivity index (χ1v) is 7.26. The predicted molar refractivity (Wildman–Crippen MR) is 83.7 cm³/mol. The average Bonchev–Trinajstić information content (AvgIpc) is 2.90. The van der Waals surface area contributed by atoms with Gasteiger partial charge >= 0.3 is 6.18 Å². The molecule has 7 heteroatoms. The molecule has 3 aromatic rings. The number of hydrogen-bond acceptors (Lipinski definition) is 2. The predicted octanol–water partition coefficient (Wildman–Crippen LogP) is 4.93. The standard InChI is InChI=1S/C16H13ClF3N3/c1-10-3-2-6-23-9-12(22-15(10)23)8-21-11-4-5-14(17)13(7-11)16(18,19)20/h2-7,9,21H,8H2,1H3. The van der Waals surface area contributed by atoms with Crippen LogP contribution in [0.15, 0.2) is 42.7 Å². The second-order valence-corrected chi connectivity index (χ2v) is 5.61. The summed E-state index contributed by atoms with van der Waals surface area (Å²) < 4.78 is 40.4. The number of aryl methyl sites for hydroxylation is 1. The highest BCUT2D eigenvalue weighted by atomic mass is 35.5. The van der Waals surface area contributed by atoms with Gasteiger partial charge in [-0.25, -0.2) is 4.98 Å². The van der Waals surface area contributed by atoms with Gasteiger partial charge < -0.3 is 9.72 Å². The number of benzene rings is 1. The molecule has 3 rings (SSSR count). The third-order valence-corrected chi connectivity index (χ3v) is 3.80. The largest absolute Gasteiger partial charge is 0.417 e. The van der Waals surface area contributed by atoms with Crippen molar-refractivity contribution in [3.05, 3.63) is 64.6 Å². The molecule has 0 saturated heterocycles. The molecule has 0 aliphatic carbocycles. The van der Waals surface area contributed by atoms with Gasteiger partial charge in [0.05, 0.1) is 22.8 Å². The fourth-order valence-electron chi connectivity index (χ4n) is 2.33. The average molecular weight is 340 g/mol. The molecule has 2 aromatic heterocycles. The molecule has 0 spiro atoms. The van der Waals surface area contributed by atoms with Crippen LogP contribution in [-0.4, -0.2) is 9.38 Å². The lowest BCUT2D eigenvalue weighted by atomic mass is 10.2. The minimum Gasteiger partial charge on any atom is -0.379 e. The van der Waals surface area contributed by atoms with Crippen LogP contribution in [0.3, 0.4) is 0 Å². The van der Waals surface area contributed by atoms with E-state index in [4.69, 9.17) is 11.6 Å². The molecule has 120 valence electrons. The number of anilines is 1.